The van der Waals surface area contributed by atoms with Crippen molar-refractivity contribution in [3.05, 3.63) is 35.0 Å². The summed E-state index contributed by atoms with van der Waals surface area (Å²) in [7, 11) is 0. The Kier molecular flexibility index (Phi) is 4.02. The average molecular weight is 299 g/mol. The van der Waals surface area contributed by atoms with E-state index in [4.69, 9.17) is 5.11 Å². The van der Waals surface area contributed by atoms with Crippen LogP contribution in [0.25, 0.3) is 10.9 Å². The van der Waals surface area contributed by atoms with Crippen molar-refractivity contribution < 1.29 is 15.0 Å². The number of carboxylic acid groups (broad SMARTS) is 1. The van der Waals surface area contributed by atoms with Gasteiger partial charge in [0.05, 0.1) is 23.3 Å². The van der Waals surface area contributed by atoms with Gasteiger partial charge in [-0.2, -0.15) is 5.26 Å². The first-order valence-electron chi connectivity index (χ1n) is 6.76. The molecule has 0 fully saturated rings. The van der Waals surface area contributed by atoms with Gasteiger partial charge < -0.3 is 15.5 Å². The molecule has 0 radical (unpaired) electrons. The van der Waals surface area contributed by atoms with Crippen molar-refractivity contribution in [2.75, 3.05) is 11.9 Å². The molecule has 0 saturated carbocycles. The molecule has 2 aromatic rings. The highest BCUT2D eigenvalue weighted by atomic mass is 16.4. The smallest absolute Gasteiger partial charge is 0.337 e. The third kappa shape index (κ3) is 2.85. The van der Waals surface area contributed by atoms with Crippen molar-refractivity contribution >= 4 is 22.6 Å². The van der Waals surface area contributed by atoms with Gasteiger partial charge in [-0.3, -0.25) is 4.98 Å². The van der Waals surface area contributed by atoms with Gasteiger partial charge in [-0.25, -0.2) is 4.79 Å². The molecule has 6 heteroatoms. The zero-order chi connectivity index (χ0) is 16.5. The molecule has 0 bridgehead atoms. The summed E-state index contributed by atoms with van der Waals surface area (Å²) >= 11 is 0. The maximum atomic E-state index is 11.0. The van der Waals surface area contributed by atoms with E-state index in [0.717, 1.165) is 22.0 Å². The molecule has 1 aromatic carbocycles. The Balaban J connectivity index is 2.56. The monoisotopic (exact) mass is 299 g/mol. The molecule has 3 N–H and O–H groups in total. The summed E-state index contributed by atoms with van der Waals surface area (Å²) in [4.78, 5) is 15.3. The number of carbonyl (C=O) groups is 1. The lowest BCUT2D eigenvalue weighted by Gasteiger charge is -2.20. The zero-order valence-electron chi connectivity index (χ0n) is 12.6. The number of benzene rings is 1. The topological polar surface area (TPSA) is 106 Å². The van der Waals surface area contributed by atoms with E-state index in [1.807, 2.05) is 32.0 Å². The van der Waals surface area contributed by atoms with Crippen LogP contribution in [0.1, 0.15) is 23.6 Å². The van der Waals surface area contributed by atoms with Crippen molar-refractivity contribution in [3.8, 4) is 6.07 Å². The molecule has 0 aliphatic heterocycles. The lowest BCUT2D eigenvalue weighted by atomic mass is 10.0. The van der Waals surface area contributed by atoms with Gasteiger partial charge in [0.2, 0.25) is 0 Å². The number of nitrogens with one attached hydrogen (secondary N) is 1. The SMILES string of the molecule is Cc1cc(C)c2ncc(C#N)c(NC[C@@](C)(O)C(=O)O)c2c1. The third-order valence-corrected chi connectivity index (χ3v) is 3.50. The van der Waals surface area contributed by atoms with Crippen molar-refractivity contribution in [2.45, 2.75) is 26.4 Å². The molecule has 114 valence electrons. The summed E-state index contributed by atoms with van der Waals surface area (Å²) in [5.41, 5.74) is 1.57. The lowest BCUT2D eigenvalue weighted by Crippen LogP contribution is -2.42. The number of aliphatic carboxylic acids is 1. The quantitative estimate of drug-likeness (QED) is 0.797. The van der Waals surface area contributed by atoms with Crippen LogP contribution in [0, 0.1) is 25.2 Å². The molecular weight excluding hydrogens is 282 g/mol. The van der Waals surface area contributed by atoms with Gasteiger partial charge in [0.1, 0.15) is 6.07 Å². The van der Waals surface area contributed by atoms with E-state index in [1.165, 1.54) is 13.1 Å². The van der Waals surface area contributed by atoms with E-state index in [1.54, 1.807) is 0 Å². The standard InChI is InChI=1S/C16H17N3O3/c1-9-4-10(2)13-12(5-9)14(11(6-17)7-18-13)19-8-16(3,22)15(20)21/h4-5,7,22H,8H2,1-3H3,(H,18,19)(H,20,21)/t16-/m1/s1. The van der Waals surface area contributed by atoms with Gasteiger partial charge in [0.25, 0.3) is 0 Å². The van der Waals surface area contributed by atoms with Crippen LogP contribution in [0.2, 0.25) is 0 Å². The Bertz CT molecular complexity index is 791. The number of pyridine rings is 1. The number of anilines is 1. The predicted octanol–water partition coefficient (Wildman–Crippen LogP) is 1.97. The Hall–Kier alpha value is -2.65. The first-order chi connectivity index (χ1) is 10.3. The maximum Gasteiger partial charge on any atom is 0.337 e. The van der Waals surface area contributed by atoms with E-state index in [2.05, 4.69) is 10.3 Å². The molecule has 0 aliphatic rings. The number of carboxylic acids is 1. The second-order valence-electron chi connectivity index (χ2n) is 5.57. The first kappa shape index (κ1) is 15.7. The Labute approximate surface area is 128 Å². The number of aromatic nitrogens is 1. The number of aryl methyl sites for hydroxylation is 2. The molecule has 1 atom stereocenters. The minimum Gasteiger partial charge on any atom is -0.479 e. The zero-order valence-corrected chi connectivity index (χ0v) is 12.6. The van der Waals surface area contributed by atoms with Crippen molar-refractivity contribution in [3.63, 3.8) is 0 Å². The first-order valence-corrected chi connectivity index (χ1v) is 6.76. The summed E-state index contributed by atoms with van der Waals surface area (Å²) in [5.74, 6) is -1.33. The molecule has 0 aliphatic carbocycles. The molecule has 0 amide bonds. The average Bonchev–Trinajstić information content (AvgIpc) is 2.44. The third-order valence-electron chi connectivity index (χ3n) is 3.50. The van der Waals surface area contributed by atoms with Gasteiger partial charge in [-0.1, -0.05) is 11.6 Å². The van der Waals surface area contributed by atoms with Gasteiger partial charge in [0, 0.05) is 11.6 Å². The number of fused-ring (bicyclic) bond motifs is 1. The number of hydrogen-bond acceptors (Lipinski definition) is 5. The summed E-state index contributed by atoms with van der Waals surface area (Å²) in [6.45, 7) is 4.84. The highest BCUT2D eigenvalue weighted by Gasteiger charge is 2.30. The molecule has 22 heavy (non-hydrogen) atoms. The van der Waals surface area contributed by atoms with Crippen LogP contribution in [0.5, 0.6) is 0 Å². The summed E-state index contributed by atoms with van der Waals surface area (Å²) in [6.07, 6.45) is 1.45. The number of nitrogens with zero attached hydrogens (tertiary/aromatic N) is 2. The van der Waals surface area contributed by atoms with Crippen LogP contribution in [0.15, 0.2) is 18.3 Å². The van der Waals surface area contributed by atoms with Crippen molar-refractivity contribution in [1.29, 1.82) is 5.26 Å². The summed E-state index contributed by atoms with van der Waals surface area (Å²) < 4.78 is 0. The minimum atomic E-state index is -1.93. The van der Waals surface area contributed by atoms with Crippen LogP contribution in [-0.4, -0.2) is 33.3 Å². The second-order valence-corrected chi connectivity index (χ2v) is 5.57. The van der Waals surface area contributed by atoms with Crippen LogP contribution in [0.3, 0.4) is 0 Å². The number of rotatable bonds is 4. The number of nitriles is 1. The van der Waals surface area contributed by atoms with Crippen LogP contribution < -0.4 is 5.32 Å². The fourth-order valence-corrected chi connectivity index (χ4v) is 2.27. The van der Waals surface area contributed by atoms with Gasteiger partial charge >= 0.3 is 5.97 Å². The molecule has 6 nitrogen and oxygen atoms in total. The van der Waals surface area contributed by atoms with Gasteiger partial charge in [-0.15, -0.1) is 0 Å². The van der Waals surface area contributed by atoms with Gasteiger partial charge in [0.15, 0.2) is 5.60 Å². The van der Waals surface area contributed by atoms with E-state index in [-0.39, 0.29) is 6.54 Å². The molecular formula is C16H17N3O3. The number of aliphatic hydroxyl groups is 1. The predicted molar refractivity (Wildman–Crippen MR) is 82.7 cm³/mol. The highest BCUT2D eigenvalue weighted by Crippen LogP contribution is 2.29. The second kappa shape index (κ2) is 5.62. The van der Waals surface area contributed by atoms with Crippen molar-refractivity contribution in [2.24, 2.45) is 0 Å². The summed E-state index contributed by atoms with van der Waals surface area (Å²) in [5, 5.41) is 31.7. The lowest BCUT2D eigenvalue weighted by molar-refractivity contribution is -0.155. The van der Waals surface area contributed by atoms with E-state index >= 15 is 0 Å². The molecule has 0 saturated heterocycles. The van der Waals surface area contributed by atoms with Crippen molar-refractivity contribution in [1.82, 2.24) is 4.98 Å². The minimum absolute atomic E-state index is 0.219. The largest absolute Gasteiger partial charge is 0.479 e. The van der Waals surface area contributed by atoms with Gasteiger partial charge in [-0.05, 0) is 32.4 Å². The fraction of sp³-hybridized carbons (Fsp3) is 0.312. The van der Waals surface area contributed by atoms with Crippen LogP contribution >= 0.6 is 0 Å². The Morgan fingerprint density at radius 1 is 1.45 bits per heavy atom. The maximum absolute atomic E-state index is 11.0. The van der Waals surface area contributed by atoms with Crippen LogP contribution in [-0.2, 0) is 4.79 Å². The molecule has 1 aromatic heterocycles. The van der Waals surface area contributed by atoms with Crippen LogP contribution in [0.4, 0.5) is 5.69 Å². The Morgan fingerprint density at radius 2 is 2.14 bits per heavy atom. The normalized spacial score (nSPS) is 13.4. The molecule has 0 unspecified atom stereocenters. The van der Waals surface area contributed by atoms with E-state index in [0.29, 0.717) is 11.3 Å². The number of hydrogen-bond donors (Lipinski definition) is 3. The van der Waals surface area contributed by atoms with E-state index in [9.17, 15) is 15.2 Å². The molecule has 2 rings (SSSR count). The Morgan fingerprint density at radius 3 is 2.73 bits per heavy atom. The summed E-state index contributed by atoms with van der Waals surface area (Å²) in [6, 6.07) is 5.91. The molecule has 1 heterocycles. The fourth-order valence-electron chi connectivity index (χ4n) is 2.27. The molecule has 0 spiro atoms. The van der Waals surface area contributed by atoms with E-state index < -0.39 is 11.6 Å². The highest BCUT2D eigenvalue weighted by molar-refractivity contribution is 5.96.